The molecule has 0 atom stereocenters. The first-order valence-electron chi connectivity index (χ1n) is 10.5. The van der Waals surface area contributed by atoms with Gasteiger partial charge in [0.25, 0.3) is 5.91 Å². The van der Waals surface area contributed by atoms with E-state index in [2.05, 4.69) is 10.00 Å². The average Bonchev–Trinajstić information content (AvgIpc) is 3.16. The molecule has 1 saturated heterocycles. The molecule has 0 aliphatic carbocycles. The number of amides is 1. The maximum Gasteiger partial charge on any atom is 0.481 e. The number of H-pyrrole nitrogens is 1. The summed E-state index contributed by atoms with van der Waals surface area (Å²) in [5, 5.41) is 2.71. The van der Waals surface area contributed by atoms with Gasteiger partial charge >= 0.3 is 11.9 Å². The number of nitrogens with one attached hydrogen (secondary N) is 1. The van der Waals surface area contributed by atoms with E-state index in [4.69, 9.17) is 27.9 Å². The third kappa shape index (κ3) is 4.95. The number of benzene rings is 2. The molecule has 2 heterocycles. The van der Waals surface area contributed by atoms with Crippen molar-refractivity contribution in [1.82, 2.24) is 10.00 Å². The van der Waals surface area contributed by atoms with Gasteiger partial charge in [-0.15, -0.1) is 0 Å². The van der Waals surface area contributed by atoms with Crippen LogP contribution in [0.15, 0.2) is 48.5 Å². The molecule has 0 spiro atoms. The van der Waals surface area contributed by atoms with Gasteiger partial charge in [0.05, 0.1) is 12.1 Å². The number of anilines is 1. The van der Waals surface area contributed by atoms with Crippen LogP contribution in [0.4, 0.5) is 18.9 Å². The minimum absolute atomic E-state index is 0.115. The Morgan fingerprint density at radius 3 is 2.38 bits per heavy atom. The first kappa shape index (κ1) is 24.2. The second-order valence-electron chi connectivity index (χ2n) is 7.79. The van der Waals surface area contributed by atoms with Crippen molar-refractivity contribution in [3.63, 3.8) is 0 Å². The molecule has 4 rings (SSSR count). The Hall–Kier alpha value is -2.91. The number of rotatable bonds is 5. The van der Waals surface area contributed by atoms with Crippen molar-refractivity contribution < 1.29 is 27.4 Å². The van der Waals surface area contributed by atoms with E-state index in [-0.39, 0.29) is 5.69 Å². The molecule has 0 unspecified atom stereocenters. The lowest BCUT2D eigenvalue weighted by Gasteiger charge is -2.35. The zero-order valence-corrected chi connectivity index (χ0v) is 19.7. The summed E-state index contributed by atoms with van der Waals surface area (Å²) in [5.41, 5.74) is 0.430. The molecule has 2 aromatic carbocycles. The number of nitrogens with zero attached hydrogens (tertiary/aromatic N) is 3. The fraction of sp³-hybridized carbons (Fsp3) is 0.304. The molecule has 11 heteroatoms. The van der Waals surface area contributed by atoms with Gasteiger partial charge in [-0.05, 0) is 12.1 Å². The van der Waals surface area contributed by atoms with Crippen molar-refractivity contribution in [2.24, 2.45) is 0 Å². The van der Waals surface area contributed by atoms with Gasteiger partial charge in [0.2, 0.25) is 6.54 Å². The van der Waals surface area contributed by atoms with Gasteiger partial charge in [0.1, 0.15) is 16.5 Å². The highest BCUT2D eigenvalue weighted by Crippen LogP contribution is 2.37. The van der Waals surface area contributed by atoms with Gasteiger partial charge in [-0.1, -0.05) is 58.2 Å². The normalized spacial score (nSPS) is 14.4. The molecule has 1 N–H and O–H groups in total. The highest BCUT2D eigenvalue weighted by atomic mass is 35.5. The van der Waals surface area contributed by atoms with Crippen LogP contribution >= 0.6 is 23.2 Å². The Balaban J connectivity index is 1.49. The molecule has 180 valence electrons. The summed E-state index contributed by atoms with van der Waals surface area (Å²) in [6, 6.07) is 13.9. The number of hydrogen-bond acceptors (Lipinski definition) is 3. The second-order valence-corrected chi connectivity index (χ2v) is 8.57. The van der Waals surface area contributed by atoms with Crippen molar-refractivity contribution in [2.45, 2.75) is 12.7 Å². The minimum Gasteiger partial charge on any atom is -0.495 e. The molecule has 0 bridgehead atoms. The van der Waals surface area contributed by atoms with Gasteiger partial charge in [0, 0.05) is 43.5 Å². The zero-order chi connectivity index (χ0) is 24.5. The topological polar surface area (TPSA) is 52.5 Å². The predicted octanol–water partition coefficient (Wildman–Crippen LogP) is 4.65. The van der Waals surface area contributed by atoms with Crippen LogP contribution in [0, 0.1) is 0 Å². The number of carbonyl (C=O) groups is 1. The molecule has 1 fully saturated rings. The summed E-state index contributed by atoms with van der Waals surface area (Å²) in [4.78, 5) is 16.5. The van der Waals surface area contributed by atoms with E-state index in [1.165, 1.54) is 7.11 Å². The van der Waals surface area contributed by atoms with E-state index < -0.39 is 29.3 Å². The van der Waals surface area contributed by atoms with Crippen molar-refractivity contribution in [3.8, 4) is 17.0 Å². The first-order chi connectivity index (χ1) is 16.2. The number of alkyl halides is 3. The SMILES string of the molecule is COc1cc(N2CCN(C(=O)C[n+]3[nH]c(-c4ccccc4)c(Cl)c3C(F)(F)F)CC2)ccc1Cl. The van der Waals surface area contributed by atoms with Gasteiger partial charge in [0.15, 0.2) is 0 Å². The number of halogens is 5. The molecular formula is C23H22Cl2F3N4O2+. The van der Waals surface area contributed by atoms with Crippen LogP contribution in [-0.2, 0) is 17.5 Å². The Labute approximate surface area is 204 Å². The van der Waals surface area contributed by atoms with Gasteiger partial charge in [-0.3, -0.25) is 4.79 Å². The fourth-order valence-electron chi connectivity index (χ4n) is 3.96. The molecule has 0 radical (unpaired) electrons. The number of hydrogen-bond donors (Lipinski definition) is 1. The van der Waals surface area contributed by atoms with Gasteiger partial charge < -0.3 is 14.5 Å². The summed E-state index contributed by atoms with van der Waals surface area (Å²) in [7, 11) is 1.53. The van der Waals surface area contributed by atoms with E-state index in [0.29, 0.717) is 42.5 Å². The van der Waals surface area contributed by atoms with E-state index in [9.17, 15) is 18.0 Å². The highest BCUT2D eigenvalue weighted by Gasteiger charge is 2.48. The Kier molecular flexibility index (Phi) is 6.95. The lowest BCUT2D eigenvalue weighted by atomic mass is 10.1. The summed E-state index contributed by atoms with van der Waals surface area (Å²) in [6.07, 6.45) is -4.73. The largest absolute Gasteiger partial charge is 0.495 e. The highest BCUT2D eigenvalue weighted by molar-refractivity contribution is 6.33. The number of ether oxygens (including phenoxy) is 1. The fourth-order valence-corrected chi connectivity index (χ4v) is 4.52. The number of aromatic amines is 1. The third-order valence-electron chi connectivity index (χ3n) is 5.70. The van der Waals surface area contributed by atoms with E-state index in [0.717, 1.165) is 10.4 Å². The standard InChI is InChI=1S/C23H21Cl2F3N4O2/c1-34-18-13-16(7-8-17(18)24)30-9-11-31(12-10-30)19(33)14-32-22(23(26,27)28)20(25)21(29-32)15-5-3-2-4-6-15/h2-8,13H,9-12,14H2,1H3/p+1. The van der Waals surface area contributed by atoms with Crippen LogP contribution < -0.4 is 14.3 Å². The molecule has 1 amide bonds. The quantitative estimate of drug-likeness (QED) is 0.505. The maximum atomic E-state index is 13.8. The summed E-state index contributed by atoms with van der Waals surface area (Å²) in [5.74, 6) is 0.118. The van der Waals surface area contributed by atoms with Gasteiger partial charge in [-0.2, -0.15) is 18.3 Å². The molecular weight excluding hydrogens is 492 g/mol. The molecule has 0 saturated carbocycles. The lowest BCUT2D eigenvalue weighted by Crippen LogP contribution is -2.54. The van der Waals surface area contributed by atoms with E-state index in [1.54, 1.807) is 41.3 Å². The van der Waals surface area contributed by atoms with Crippen LogP contribution in [0.25, 0.3) is 11.3 Å². The first-order valence-corrected chi connectivity index (χ1v) is 11.2. The van der Waals surface area contributed by atoms with Gasteiger partial charge in [-0.25, -0.2) is 0 Å². The maximum absolute atomic E-state index is 13.8. The summed E-state index contributed by atoms with van der Waals surface area (Å²) >= 11 is 12.2. The van der Waals surface area contributed by atoms with Crippen molar-refractivity contribution in [3.05, 3.63) is 64.3 Å². The smallest absolute Gasteiger partial charge is 0.481 e. The zero-order valence-electron chi connectivity index (χ0n) is 18.2. The van der Waals surface area contributed by atoms with Crippen molar-refractivity contribution in [2.75, 3.05) is 38.2 Å². The predicted molar refractivity (Wildman–Crippen MR) is 123 cm³/mol. The molecule has 34 heavy (non-hydrogen) atoms. The molecule has 1 aromatic heterocycles. The molecule has 6 nitrogen and oxygen atoms in total. The number of carbonyl (C=O) groups excluding carboxylic acids is 1. The average molecular weight is 514 g/mol. The van der Waals surface area contributed by atoms with E-state index in [1.807, 2.05) is 12.1 Å². The van der Waals surface area contributed by atoms with Crippen molar-refractivity contribution >= 4 is 34.8 Å². The molecule has 1 aliphatic rings. The van der Waals surface area contributed by atoms with Crippen LogP contribution in [0.3, 0.4) is 0 Å². The number of aromatic nitrogens is 2. The van der Waals surface area contributed by atoms with Crippen LogP contribution in [0.1, 0.15) is 5.69 Å². The lowest BCUT2D eigenvalue weighted by molar-refractivity contribution is -0.754. The minimum atomic E-state index is -4.73. The second kappa shape index (κ2) is 9.76. The van der Waals surface area contributed by atoms with Crippen LogP contribution in [0.5, 0.6) is 5.75 Å². The third-order valence-corrected chi connectivity index (χ3v) is 6.38. The summed E-state index contributed by atoms with van der Waals surface area (Å²) in [6.45, 7) is 1.27. The van der Waals surface area contributed by atoms with E-state index >= 15 is 0 Å². The molecule has 1 aliphatic heterocycles. The Morgan fingerprint density at radius 2 is 1.76 bits per heavy atom. The van der Waals surface area contributed by atoms with Crippen LogP contribution in [0.2, 0.25) is 10.0 Å². The number of methoxy groups -OCH3 is 1. The van der Waals surface area contributed by atoms with Crippen molar-refractivity contribution in [1.29, 1.82) is 0 Å². The van der Waals surface area contributed by atoms with Crippen LogP contribution in [-0.4, -0.2) is 49.2 Å². The Bertz CT molecular complexity index is 1180. The summed E-state index contributed by atoms with van der Waals surface area (Å²) < 4.78 is 47.4. The Morgan fingerprint density at radius 1 is 1.09 bits per heavy atom. The monoisotopic (exact) mass is 513 g/mol. The molecule has 3 aromatic rings. The number of piperazine rings is 1.